The van der Waals surface area contributed by atoms with Gasteiger partial charge in [-0.15, -0.1) is 12.4 Å². The zero-order valence-corrected chi connectivity index (χ0v) is 15.9. The molecular weight excluding hydrogens is 381 g/mol. The summed E-state index contributed by atoms with van der Waals surface area (Å²) in [5.74, 6) is -0.00161. The highest BCUT2D eigenvalue weighted by Crippen LogP contribution is 2.29. The van der Waals surface area contributed by atoms with Gasteiger partial charge in [-0.1, -0.05) is 18.6 Å². The minimum absolute atomic E-state index is 0. The number of nitrogens with one attached hydrogen (secondary N) is 1. The molecule has 3 unspecified atom stereocenters. The number of nitrogens with zero attached hydrogens (tertiary/aromatic N) is 1. The van der Waals surface area contributed by atoms with Crippen LogP contribution in [0.2, 0.25) is 0 Å². The molecule has 0 spiro atoms. The average molecular weight is 407 g/mol. The monoisotopic (exact) mass is 406 g/mol. The minimum atomic E-state index is -4.37. The molecule has 0 aliphatic carbocycles. The Kier molecular flexibility index (Phi) is 7.68. The van der Waals surface area contributed by atoms with Gasteiger partial charge >= 0.3 is 6.18 Å². The van der Waals surface area contributed by atoms with Gasteiger partial charge in [0.1, 0.15) is 0 Å². The van der Waals surface area contributed by atoms with E-state index in [0.717, 1.165) is 37.9 Å². The van der Waals surface area contributed by atoms with Crippen molar-refractivity contribution < 1.29 is 23.1 Å². The lowest BCUT2D eigenvalue weighted by atomic mass is 9.91. The van der Waals surface area contributed by atoms with Crippen molar-refractivity contribution in [2.24, 2.45) is 0 Å². The zero-order chi connectivity index (χ0) is 18.7. The van der Waals surface area contributed by atoms with Gasteiger partial charge in [0.05, 0.1) is 17.7 Å². The number of aliphatic hydroxyl groups is 1. The van der Waals surface area contributed by atoms with Crippen LogP contribution in [0.1, 0.15) is 36.8 Å². The van der Waals surface area contributed by atoms with E-state index in [0.29, 0.717) is 25.1 Å². The molecular formula is C19H26ClF3N2O2. The first kappa shape index (κ1) is 22.1. The summed E-state index contributed by atoms with van der Waals surface area (Å²) in [5.41, 5.74) is -0.120. The number of carbonyl (C=O) groups excluding carboxylic acids is 1. The second-order valence-electron chi connectivity index (χ2n) is 7.28. The van der Waals surface area contributed by atoms with E-state index in [1.165, 1.54) is 12.1 Å². The van der Waals surface area contributed by atoms with Crippen LogP contribution in [0.25, 0.3) is 0 Å². The van der Waals surface area contributed by atoms with Gasteiger partial charge in [0.2, 0.25) is 0 Å². The summed E-state index contributed by atoms with van der Waals surface area (Å²) in [4.78, 5) is 15.0. The van der Waals surface area contributed by atoms with Crippen LogP contribution in [0.4, 0.5) is 13.2 Å². The van der Waals surface area contributed by atoms with Crippen molar-refractivity contribution in [1.29, 1.82) is 0 Å². The Labute approximate surface area is 163 Å². The predicted octanol–water partition coefficient (Wildman–Crippen LogP) is 2.82. The molecule has 27 heavy (non-hydrogen) atoms. The lowest BCUT2D eigenvalue weighted by molar-refractivity contribution is -0.137. The Morgan fingerprint density at radius 2 is 1.93 bits per heavy atom. The number of rotatable bonds is 5. The molecule has 1 aromatic rings. The second kappa shape index (κ2) is 9.37. The number of ketones is 1. The number of hydrogen-bond acceptors (Lipinski definition) is 4. The number of β-amino-alcohol motifs (C(OH)–C–C–N with tert-alkyl or cyclic N) is 1. The number of carbonyl (C=O) groups is 1. The van der Waals surface area contributed by atoms with Crippen molar-refractivity contribution in [1.82, 2.24) is 10.2 Å². The minimum Gasteiger partial charge on any atom is -0.392 e. The summed E-state index contributed by atoms with van der Waals surface area (Å²) >= 11 is 0. The van der Waals surface area contributed by atoms with Crippen LogP contribution in [0, 0.1) is 0 Å². The molecule has 2 fully saturated rings. The summed E-state index contributed by atoms with van der Waals surface area (Å²) in [6.45, 7) is 2.01. The van der Waals surface area contributed by atoms with Crippen molar-refractivity contribution in [3.05, 3.63) is 35.4 Å². The Balaban J connectivity index is 0.00000261. The summed E-state index contributed by atoms with van der Waals surface area (Å²) < 4.78 is 38.1. The first-order valence-electron chi connectivity index (χ1n) is 9.19. The number of piperidine rings is 1. The van der Waals surface area contributed by atoms with E-state index in [2.05, 4.69) is 5.32 Å². The fourth-order valence-corrected chi connectivity index (χ4v) is 3.97. The summed E-state index contributed by atoms with van der Waals surface area (Å²) in [6.07, 6.45) is -1.000. The third-order valence-corrected chi connectivity index (χ3v) is 5.31. The number of alkyl halides is 3. The summed E-state index contributed by atoms with van der Waals surface area (Å²) in [7, 11) is 0. The lowest BCUT2D eigenvalue weighted by Gasteiger charge is -2.36. The van der Waals surface area contributed by atoms with E-state index in [1.54, 1.807) is 0 Å². The van der Waals surface area contributed by atoms with Gasteiger partial charge in [0.25, 0.3) is 0 Å². The van der Waals surface area contributed by atoms with E-state index >= 15 is 0 Å². The predicted molar refractivity (Wildman–Crippen MR) is 99.0 cm³/mol. The molecule has 0 saturated carbocycles. The standard InChI is InChI=1S/C19H25F3N2O2.ClH/c20-19(21,22)14-6-4-13(5-7-14)11-17(26)18(16-3-1-2-9-23-16)24-10-8-15(25)12-24;/h4-7,15-16,18,23,25H,1-3,8-12H2;1H. The highest BCUT2D eigenvalue weighted by molar-refractivity contribution is 5.87. The van der Waals surface area contributed by atoms with E-state index in [9.17, 15) is 23.1 Å². The first-order valence-corrected chi connectivity index (χ1v) is 9.19. The molecule has 2 saturated heterocycles. The fourth-order valence-electron chi connectivity index (χ4n) is 3.97. The highest BCUT2D eigenvalue weighted by atomic mass is 35.5. The zero-order valence-electron chi connectivity index (χ0n) is 15.0. The van der Waals surface area contributed by atoms with Gasteiger partial charge in [0, 0.05) is 25.6 Å². The molecule has 1 aromatic carbocycles. The van der Waals surface area contributed by atoms with E-state index < -0.39 is 17.8 Å². The Bertz CT molecular complexity index is 614. The maximum atomic E-state index is 13.0. The molecule has 3 atom stereocenters. The van der Waals surface area contributed by atoms with Gasteiger partial charge in [-0.05, 0) is 43.5 Å². The Hall–Kier alpha value is -1.15. The van der Waals surface area contributed by atoms with Crippen molar-refractivity contribution >= 4 is 18.2 Å². The van der Waals surface area contributed by atoms with Crippen LogP contribution in [-0.2, 0) is 17.4 Å². The van der Waals surface area contributed by atoms with Crippen LogP contribution in [-0.4, -0.2) is 53.6 Å². The van der Waals surface area contributed by atoms with E-state index in [4.69, 9.17) is 0 Å². The Morgan fingerprint density at radius 3 is 2.44 bits per heavy atom. The van der Waals surface area contributed by atoms with Crippen LogP contribution in [0.3, 0.4) is 0 Å². The summed E-state index contributed by atoms with van der Waals surface area (Å²) in [6, 6.07) is 4.51. The third-order valence-electron chi connectivity index (χ3n) is 5.31. The van der Waals surface area contributed by atoms with Crippen LogP contribution in [0.5, 0.6) is 0 Å². The molecule has 152 valence electrons. The van der Waals surface area contributed by atoms with Crippen LogP contribution >= 0.6 is 12.4 Å². The van der Waals surface area contributed by atoms with Crippen molar-refractivity contribution in [2.45, 2.75) is 56.5 Å². The number of halogens is 4. The van der Waals surface area contributed by atoms with Gasteiger partial charge in [0.15, 0.2) is 5.78 Å². The molecule has 0 bridgehead atoms. The first-order chi connectivity index (χ1) is 12.3. The van der Waals surface area contributed by atoms with Crippen molar-refractivity contribution in [3.8, 4) is 0 Å². The van der Waals surface area contributed by atoms with Crippen molar-refractivity contribution in [3.63, 3.8) is 0 Å². The smallest absolute Gasteiger partial charge is 0.392 e. The molecule has 2 aliphatic heterocycles. The van der Waals surface area contributed by atoms with Gasteiger partial charge < -0.3 is 10.4 Å². The molecule has 3 rings (SSSR count). The van der Waals surface area contributed by atoms with Crippen LogP contribution in [0.15, 0.2) is 24.3 Å². The van der Waals surface area contributed by atoms with E-state index in [1.807, 2.05) is 4.90 Å². The number of hydrogen-bond donors (Lipinski definition) is 2. The quantitative estimate of drug-likeness (QED) is 0.789. The topological polar surface area (TPSA) is 52.6 Å². The highest BCUT2D eigenvalue weighted by Gasteiger charge is 2.37. The largest absolute Gasteiger partial charge is 0.416 e. The molecule has 2 heterocycles. The maximum absolute atomic E-state index is 13.0. The fraction of sp³-hybridized carbons (Fsp3) is 0.632. The number of benzene rings is 1. The average Bonchev–Trinajstić information content (AvgIpc) is 3.01. The second-order valence-corrected chi connectivity index (χ2v) is 7.28. The van der Waals surface area contributed by atoms with Gasteiger partial charge in [-0.25, -0.2) is 0 Å². The molecule has 2 aliphatic rings. The normalized spacial score (nSPS) is 25.0. The number of likely N-dealkylation sites (tertiary alicyclic amines) is 1. The molecule has 0 aromatic heterocycles. The van der Waals surface area contributed by atoms with Gasteiger partial charge in [-0.3, -0.25) is 9.69 Å². The van der Waals surface area contributed by atoms with E-state index in [-0.39, 0.29) is 36.7 Å². The van der Waals surface area contributed by atoms with Crippen molar-refractivity contribution in [2.75, 3.05) is 19.6 Å². The lowest BCUT2D eigenvalue weighted by Crippen LogP contribution is -2.55. The van der Waals surface area contributed by atoms with Crippen LogP contribution < -0.4 is 5.32 Å². The number of Topliss-reactive ketones (excluding diaryl/α,β-unsaturated/α-hetero) is 1. The molecule has 2 N–H and O–H groups in total. The molecule has 0 amide bonds. The third kappa shape index (κ3) is 5.67. The number of aliphatic hydroxyl groups excluding tert-OH is 1. The molecule has 8 heteroatoms. The molecule has 0 radical (unpaired) electrons. The van der Waals surface area contributed by atoms with Gasteiger partial charge in [-0.2, -0.15) is 13.2 Å². The SMILES string of the molecule is Cl.O=C(Cc1ccc(C(F)(F)F)cc1)C(C1CCCCN1)N1CCC(O)C1. The maximum Gasteiger partial charge on any atom is 0.416 e. The summed E-state index contributed by atoms with van der Waals surface area (Å²) in [5, 5.41) is 13.3. The Morgan fingerprint density at radius 1 is 1.22 bits per heavy atom. The molecule has 4 nitrogen and oxygen atoms in total.